The van der Waals surface area contributed by atoms with E-state index in [0.717, 1.165) is 30.0 Å². The highest BCUT2D eigenvalue weighted by molar-refractivity contribution is 5.67. The molecule has 0 spiro atoms. The number of hydrogen-bond acceptors (Lipinski definition) is 5. The Bertz CT molecular complexity index is 798. The number of anilines is 1. The van der Waals surface area contributed by atoms with Crippen LogP contribution in [0, 0.1) is 5.92 Å². The number of carbonyl (C=O) groups is 1. The summed E-state index contributed by atoms with van der Waals surface area (Å²) in [5.41, 5.74) is 3.26. The Morgan fingerprint density at radius 1 is 1.26 bits per heavy atom. The SMILES string of the molecule is CCCCOC(=O)NCC1CC2=C(CNN2C(F)F)N(c2ccc(C(F)(F)F)cc2)C1. The third kappa shape index (κ3) is 5.57. The van der Waals surface area contributed by atoms with Gasteiger partial charge in [0.05, 0.1) is 30.1 Å². The summed E-state index contributed by atoms with van der Waals surface area (Å²) in [6, 6.07) is 4.59. The monoisotopic (exact) mass is 448 g/mol. The summed E-state index contributed by atoms with van der Waals surface area (Å²) in [6.45, 7) is 0.180. The van der Waals surface area contributed by atoms with Gasteiger partial charge >= 0.3 is 18.8 Å². The van der Waals surface area contributed by atoms with Crippen LogP contribution in [0.2, 0.25) is 0 Å². The first-order valence-electron chi connectivity index (χ1n) is 10.1. The molecular formula is C20H25F5N4O2. The highest BCUT2D eigenvalue weighted by atomic mass is 19.4. The number of hydrazine groups is 1. The zero-order valence-corrected chi connectivity index (χ0v) is 17.0. The van der Waals surface area contributed by atoms with Gasteiger partial charge in [-0.2, -0.15) is 22.0 Å². The Balaban J connectivity index is 1.76. The topological polar surface area (TPSA) is 56.8 Å². The van der Waals surface area contributed by atoms with Crippen molar-refractivity contribution in [1.29, 1.82) is 0 Å². The van der Waals surface area contributed by atoms with Crippen molar-refractivity contribution in [3.8, 4) is 0 Å². The Labute approximate surface area is 177 Å². The van der Waals surface area contributed by atoms with Gasteiger partial charge in [0.2, 0.25) is 0 Å². The minimum absolute atomic E-state index is 0.139. The van der Waals surface area contributed by atoms with Crippen molar-refractivity contribution in [2.24, 2.45) is 5.92 Å². The zero-order valence-electron chi connectivity index (χ0n) is 17.0. The first kappa shape index (κ1) is 23.1. The van der Waals surface area contributed by atoms with Crippen LogP contribution in [0.25, 0.3) is 0 Å². The van der Waals surface area contributed by atoms with Gasteiger partial charge in [0.1, 0.15) is 0 Å². The Kier molecular flexibility index (Phi) is 7.24. The molecule has 1 atom stereocenters. The van der Waals surface area contributed by atoms with Gasteiger partial charge in [-0.15, -0.1) is 0 Å². The molecule has 1 aromatic carbocycles. The van der Waals surface area contributed by atoms with E-state index in [-0.39, 0.29) is 19.0 Å². The van der Waals surface area contributed by atoms with Crippen LogP contribution in [0.1, 0.15) is 31.7 Å². The van der Waals surface area contributed by atoms with E-state index in [1.54, 1.807) is 4.90 Å². The van der Waals surface area contributed by atoms with E-state index in [1.807, 2.05) is 6.92 Å². The van der Waals surface area contributed by atoms with Crippen molar-refractivity contribution < 1.29 is 31.5 Å². The average molecular weight is 448 g/mol. The number of alkyl carbamates (subject to hydrolysis) is 1. The molecule has 11 heteroatoms. The predicted octanol–water partition coefficient (Wildman–Crippen LogP) is 4.31. The molecule has 1 aromatic rings. The number of allylic oxidation sites excluding steroid dienone is 1. The standard InChI is InChI=1S/C20H25F5N4O2/c1-2-3-8-31-19(30)26-10-13-9-16-17(11-27-29(16)18(21)22)28(12-13)15-6-4-14(5-7-15)20(23,24)25/h4-7,13,18,27H,2-3,8-12H2,1H3,(H,26,30). The molecule has 2 N–H and O–H groups in total. The highest BCUT2D eigenvalue weighted by Crippen LogP contribution is 2.37. The molecule has 6 nitrogen and oxygen atoms in total. The molecule has 1 amide bonds. The van der Waals surface area contributed by atoms with Gasteiger partial charge in [0.15, 0.2) is 0 Å². The van der Waals surface area contributed by atoms with Crippen LogP contribution in [0.4, 0.5) is 32.4 Å². The molecule has 0 fully saturated rings. The largest absolute Gasteiger partial charge is 0.450 e. The van der Waals surface area contributed by atoms with Gasteiger partial charge in [0.25, 0.3) is 0 Å². The van der Waals surface area contributed by atoms with Gasteiger partial charge in [-0.05, 0) is 43.0 Å². The van der Waals surface area contributed by atoms with Gasteiger partial charge in [-0.1, -0.05) is 13.3 Å². The smallest absolute Gasteiger partial charge is 0.416 e. The molecule has 0 aromatic heterocycles. The first-order valence-corrected chi connectivity index (χ1v) is 10.1. The normalized spacial score (nSPS) is 19.1. The molecular weight excluding hydrogens is 423 g/mol. The number of nitrogens with zero attached hydrogens (tertiary/aromatic N) is 2. The van der Waals surface area contributed by atoms with Crippen LogP contribution >= 0.6 is 0 Å². The molecule has 2 aliphatic rings. The first-order chi connectivity index (χ1) is 14.7. The van der Waals surface area contributed by atoms with Crippen molar-refractivity contribution in [1.82, 2.24) is 15.8 Å². The second-order valence-electron chi connectivity index (χ2n) is 7.47. The third-order valence-corrected chi connectivity index (χ3v) is 5.26. The van der Waals surface area contributed by atoms with Crippen LogP contribution in [0.3, 0.4) is 0 Å². The summed E-state index contributed by atoms with van der Waals surface area (Å²) >= 11 is 0. The lowest BCUT2D eigenvalue weighted by Gasteiger charge is -2.36. The quantitative estimate of drug-likeness (QED) is 0.370. The van der Waals surface area contributed by atoms with E-state index in [0.29, 0.717) is 36.7 Å². The maximum absolute atomic E-state index is 13.4. The summed E-state index contributed by atoms with van der Waals surface area (Å²) < 4.78 is 70.6. The van der Waals surface area contributed by atoms with E-state index in [1.165, 1.54) is 12.1 Å². The molecule has 31 heavy (non-hydrogen) atoms. The number of carbonyl (C=O) groups excluding carboxylic acids is 1. The molecule has 0 saturated carbocycles. The number of nitrogens with one attached hydrogen (secondary N) is 2. The number of rotatable bonds is 7. The number of benzene rings is 1. The number of halogens is 5. The maximum Gasteiger partial charge on any atom is 0.416 e. The number of amides is 1. The van der Waals surface area contributed by atoms with Gasteiger partial charge in [0, 0.05) is 18.8 Å². The van der Waals surface area contributed by atoms with Gasteiger partial charge in [-0.25, -0.2) is 10.2 Å². The Hall–Kier alpha value is -2.56. The molecule has 172 valence electrons. The summed E-state index contributed by atoms with van der Waals surface area (Å²) in [6.07, 6.45) is -3.13. The van der Waals surface area contributed by atoms with Gasteiger partial charge < -0.3 is 15.0 Å². The Morgan fingerprint density at radius 2 is 1.97 bits per heavy atom. The van der Waals surface area contributed by atoms with E-state index >= 15 is 0 Å². The van der Waals surface area contributed by atoms with Crippen molar-refractivity contribution in [3.63, 3.8) is 0 Å². The lowest BCUT2D eigenvalue weighted by Crippen LogP contribution is -2.42. The van der Waals surface area contributed by atoms with E-state index in [9.17, 15) is 26.7 Å². The van der Waals surface area contributed by atoms with Crippen molar-refractivity contribution in [2.75, 3.05) is 31.1 Å². The van der Waals surface area contributed by atoms with Crippen LogP contribution in [-0.2, 0) is 10.9 Å². The molecule has 2 heterocycles. The highest BCUT2D eigenvalue weighted by Gasteiger charge is 2.38. The number of alkyl halides is 5. The number of ether oxygens (including phenoxy) is 1. The van der Waals surface area contributed by atoms with E-state index in [2.05, 4.69) is 10.7 Å². The fourth-order valence-electron chi connectivity index (χ4n) is 3.67. The van der Waals surface area contributed by atoms with E-state index in [4.69, 9.17) is 4.74 Å². The molecule has 0 aliphatic carbocycles. The Morgan fingerprint density at radius 3 is 2.58 bits per heavy atom. The summed E-state index contributed by atoms with van der Waals surface area (Å²) in [4.78, 5) is 13.6. The summed E-state index contributed by atoms with van der Waals surface area (Å²) in [5, 5.41) is 3.43. The fourth-order valence-corrected chi connectivity index (χ4v) is 3.67. The average Bonchev–Trinajstić information content (AvgIpc) is 3.15. The number of hydrogen-bond donors (Lipinski definition) is 2. The predicted molar refractivity (Wildman–Crippen MR) is 104 cm³/mol. The van der Waals surface area contributed by atoms with Crippen LogP contribution in [0.15, 0.2) is 35.7 Å². The van der Waals surface area contributed by atoms with Crippen LogP contribution < -0.4 is 15.6 Å². The molecule has 1 unspecified atom stereocenters. The maximum atomic E-state index is 13.4. The molecule has 0 bridgehead atoms. The fraction of sp³-hybridized carbons (Fsp3) is 0.550. The van der Waals surface area contributed by atoms with Crippen molar-refractivity contribution >= 4 is 11.8 Å². The zero-order chi connectivity index (χ0) is 22.6. The number of unbranched alkanes of at least 4 members (excludes halogenated alkanes) is 1. The molecule has 0 radical (unpaired) electrons. The lowest BCUT2D eigenvalue weighted by atomic mass is 9.96. The lowest BCUT2D eigenvalue weighted by molar-refractivity contribution is -0.137. The minimum Gasteiger partial charge on any atom is -0.450 e. The second kappa shape index (κ2) is 9.71. The van der Waals surface area contributed by atoms with E-state index < -0.39 is 24.4 Å². The summed E-state index contributed by atoms with van der Waals surface area (Å²) in [5.74, 6) is -0.235. The third-order valence-electron chi connectivity index (χ3n) is 5.26. The molecule has 0 saturated heterocycles. The van der Waals surface area contributed by atoms with Crippen molar-refractivity contribution in [2.45, 2.75) is 38.9 Å². The van der Waals surface area contributed by atoms with Crippen LogP contribution in [0.5, 0.6) is 0 Å². The minimum atomic E-state index is -4.46. The molecule has 3 rings (SSSR count). The second-order valence-corrected chi connectivity index (χ2v) is 7.47. The summed E-state index contributed by atoms with van der Waals surface area (Å²) in [7, 11) is 0. The molecule has 2 aliphatic heterocycles. The van der Waals surface area contributed by atoms with Gasteiger partial charge in [-0.3, -0.25) is 5.01 Å². The van der Waals surface area contributed by atoms with Crippen molar-refractivity contribution in [3.05, 3.63) is 41.2 Å². The van der Waals surface area contributed by atoms with Crippen LogP contribution in [-0.4, -0.2) is 43.9 Å².